The van der Waals surface area contributed by atoms with Crippen molar-refractivity contribution in [3.05, 3.63) is 64.2 Å². The molecule has 0 aliphatic carbocycles. The third-order valence-corrected chi connectivity index (χ3v) is 3.88. The molecule has 1 atom stereocenters. The number of aliphatic hydroxyl groups excluding tert-OH is 1. The minimum atomic E-state index is -0.568. The molecule has 20 heavy (non-hydrogen) atoms. The third-order valence-electron chi connectivity index (χ3n) is 3.64. The summed E-state index contributed by atoms with van der Waals surface area (Å²) in [5.41, 5.74) is 3.10. The van der Waals surface area contributed by atoms with Crippen LogP contribution >= 0.6 is 11.6 Å². The zero-order valence-corrected chi connectivity index (χ0v) is 11.9. The Labute approximate surface area is 124 Å². The lowest BCUT2D eigenvalue weighted by molar-refractivity contribution is 0.169. The highest BCUT2D eigenvalue weighted by atomic mass is 35.5. The smallest absolute Gasteiger partial charge is 0.128 e. The van der Waals surface area contributed by atoms with E-state index in [4.69, 9.17) is 16.3 Å². The van der Waals surface area contributed by atoms with Crippen molar-refractivity contribution in [2.75, 3.05) is 6.61 Å². The van der Waals surface area contributed by atoms with Gasteiger partial charge in [0.1, 0.15) is 5.75 Å². The SMILES string of the molecule is OC(Cc1cccc(Cl)c1)c1cccc2c1OCCC2. The van der Waals surface area contributed by atoms with Crippen LogP contribution < -0.4 is 4.74 Å². The molecule has 0 saturated carbocycles. The number of fused-ring (bicyclic) bond motifs is 1. The molecule has 0 aromatic heterocycles. The maximum absolute atomic E-state index is 10.5. The Kier molecular flexibility index (Phi) is 3.95. The van der Waals surface area contributed by atoms with Gasteiger partial charge in [-0.1, -0.05) is 41.9 Å². The van der Waals surface area contributed by atoms with E-state index in [1.54, 1.807) is 0 Å². The van der Waals surface area contributed by atoms with Crippen LogP contribution in [0.15, 0.2) is 42.5 Å². The van der Waals surface area contributed by atoms with E-state index in [1.807, 2.05) is 36.4 Å². The van der Waals surface area contributed by atoms with Crippen LogP contribution in [0.1, 0.15) is 29.2 Å². The second-order valence-corrected chi connectivity index (χ2v) is 5.57. The van der Waals surface area contributed by atoms with Crippen molar-refractivity contribution in [3.8, 4) is 5.75 Å². The standard InChI is InChI=1S/C17H17ClO2/c18-14-7-1-4-12(10-14)11-16(19)15-8-2-5-13-6-3-9-20-17(13)15/h1-2,4-5,7-8,10,16,19H,3,6,9,11H2. The number of hydrogen-bond acceptors (Lipinski definition) is 2. The molecule has 1 N–H and O–H groups in total. The summed E-state index contributed by atoms with van der Waals surface area (Å²) in [4.78, 5) is 0. The predicted octanol–water partition coefficient (Wildman–Crippen LogP) is 3.94. The number of benzene rings is 2. The summed E-state index contributed by atoms with van der Waals surface area (Å²) in [7, 11) is 0. The Morgan fingerprint density at radius 3 is 2.90 bits per heavy atom. The lowest BCUT2D eigenvalue weighted by Gasteiger charge is -2.22. The minimum Gasteiger partial charge on any atom is -0.493 e. The van der Waals surface area contributed by atoms with Gasteiger partial charge in [0.25, 0.3) is 0 Å². The van der Waals surface area contributed by atoms with E-state index in [1.165, 1.54) is 5.56 Å². The average Bonchev–Trinajstić information content (AvgIpc) is 2.46. The molecule has 0 saturated heterocycles. The van der Waals surface area contributed by atoms with Gasteiger partial charge >= 0.3 is 0 Å². The number of halogens is 1. The van der Waals surface area contributed by atoms with Gasteiger partial charge in [-0.3, -0.25) is 0 Å². The first-order valence-corrected chi connectivity index (χ1v) is 7.29. The molecular formula is C17H17ClO2. The van der Waals surface area contributed by atoms with Crippen LogP contribution in [-0.4, -0.2) is 11.7 Å². The molecule has 1 unspecified atom stereocenters. The van der Waals surface area contributed by atoms with E-state index >= 15 is 0 Å². The first-order valence-electron chi connectivity index (χ1n) is 6.91. The highest BCUT2D eigenvalue weighted by Gasteiger charge is 2.19. The van der Waals surface area contributed by atoms with Crippen molar-refractivity contribution >= 4 is 11.6 Å². The maximum Gasteiger partial charge on any atom is 0.128 e. The van der Waals surface area contributed by atoms with Crippen LogP contribution in [0.25, 0.3) is 0 Å². The zero-order chi connectivity index (χ0) is 13.9. The second kappa shape index (κ2) is 5.86. The molecule has 0 spiro atoms. The fourth-order valence-corrected chi connectivity index (χ4v) is 2.89. The van der Waals surface area contributed by atoms with E-state index < -0.39 is 6.10 Å². The summed E-state index contributed by atoms with van der Waals surface area (Å²) >= 11 is 5.98. The van der Waals surface area contributed by atoms with Crippen molar-refractivity contribution in [3.63, 3.8) is 0 Å². The van der Waals surface area contributed by atoms with Gasteiger partial charge in [-0.15, -0.1) is 0 Å². The van der Waals surface area contributed by atoms with Crippen molar-refractivity contribution in [2.45, 2.75) is 25.4 Å². The normalized spacial score (nSPS) is 15.3. The number of aliphatic hydroxyl groups is 1. The Morgan fingerprint density at radius 1 is 1.20 bits per heavy atom. The highest BCUT2D eigenvalue weighted by molar-refractivity contribution is 6.30. The molecule has 0 fully saturated rings. The van der Waals surface area contributed by atoms with Gasteiger partial charge in [-0.2, -0.15) is 0 Å². The van der Waals surface area contributed by atoms with Gasteiger partial charge in [0, 0.05) is 17.0 Å². The van der Waals surface area contributed by atoms with Gasteiger partial charge in [-0.25, -0.2) is 0 Å². The average molecular weight is 289 g/mol. The Balaban J connectivity index is 1.85. The summed E-state index contributed by atoms with van der Waals surface area (Å²) < 4.78 is 5.75. The van der Waals surface area contributed by atoms with E-state index in [9.17, 15) is 5.11 Å². The highest BCUT2D eigenvalue weighted by Crippen LogP contribution is 2.34. The molecule has 0 bridgehead atoms. The zero-order valence-electron chi connectivity index (χ0n) is 11.2. The maximum atomic E-state index is 10.5. The monoisotopic (exact) mass is 288 g/mol. The molecule has 0 radical (unpaired) electrons. The van der Waals surface area contributed by atoms with Crippen molar-refractivity contribution in [2.24, 2.45) is 0 Å². The number of rotatable bonds is 3. The molecule has 1 heterocycles. The van der Waals surface area contributed by atoms with E-state index in [0.717, 1.165) is 36.3 Å². The van der Waals surface area contributed by atoms with Crippen molar-refractivity contribution in [1.82, 2.24) is 0 Å². The topological polar surface area (TPSA) is 29.5 Å². The quantitative estimate of drug-likeness (QED) is 0.927. The first-order chi connectivity index (χ1) is 9.74. The van der Waals surface area contributed by atoms with Crippen LogP contribution in [0.3, 0.4) is 0 Å². The van der Waals surface area contributed by atoms with Gasteiger partial charge in [0.05, 0.1) is 12.7 Å². The fraction of sp³-hybridized carbons (Fsp3) is 0.294. The Morgan fingerprint density at radius 2 is 2.05 bits per heavy atom. The van der Waals surface area contributed by atoms with Gasteiger partial charge in [0.2, 0.25) is 0 Å². The number of hydrogen-bond donors (Lipinski definition) is 1. The molecule has 1 aliphatic heterocycles. The summed E-state index contributed by atoms with van der Waals surface area (Å²) in [6.07, 6.45) is 2.04. The fourth-order valence-electron chi connectivity index (χ4n) is 2.67. The molecule has 2 aromatic rings. The molecule has 2 aromatic carbocycles. The van der Waals surface area contributed by atoms with Crippen LogP contribution in [0, 0.1) is 0 Å². The van der Waals surface area contributed by atoms with Gasteiger partial charge in [0.15, 0.2) is 0 Å². The molecule has 3 heteroatoms. The molecule has 3 rings (SSSR count). The van der Waals surface area contributed by atoms with E-state index in [2.05, 4.69) is 6.07 Å². The molecule has 1 aliphatic rings. The number of ether oxygens (including phenoxy) is 1. The van der Waals surface area contributed by atoms with Crippen LogP contribution in [-0.2, 0) is 12.8 Å². The molecular weight excluding hydrogens is 272 g/mol. The second-order valence-electron chi connectivity index (χ2n) is 5.14. The van der Waals surface area contributed by atoms with E-state index in [0.29, 0.717) is 11.4 Å². The predicted molar refractivity (Wildman–Crippen MR) is 80.4 cm³/mol. The number of para-hydroxylation sites is 1. The number of aryl methyl sites for hydroxylation is 1. The van der Waals surface area contributed by atoms with Gasteiger partial charge < -0.3 is 9.84 Å². The summed E-state index contributed by atoms with van der Waals surface area (Å²) in [5.74, 6) is 0.869. The Bertz CT molecular complexity index is 610. The van der Waals surface area contributed by atoms with E-state index in [-0.39, 0.29) is 0 Å². The first kappa shape index (κ1) is 13.5. The van der Waals surface area contributed by atoms with Crippen LogP contribution in [0.4, 0.5) is 0 Å². The summed E-state index contributed by atoms with van der Waals surface area (Å²) in [6.45, 7) is 0.730. The van der Waals surface area contributed by atoms with Crippen molar-refractivity contribution < 1.29 is 9.84 Å². The largest absolute Gasteiger partial charge is 0.493 e. The Hall–Kier alpha value is -1.51. The van der Waals surface area contributed by atoms with Crippen LogP contribution in [0.5, 0.6) is 5.75 Å². The minimum absolute atomic E-state index is 0.542. The van der Waals surface area contributed by atoms with Gasteiger partial charge in [-0.05, 0) is 36.1 Å². The summed E-state index contributed by atoms with van der Waals surface area (Å²) in [6, 6.07) is 13.6. The lowest BCUT2D eigenvalue weighted by atomic mass is 9.96. The van der Waals surface area contributed by atoms with Crippen molar-refractivity contribution in [1.29, 1.82) is 0 Å². The molecule has 104 valence electrons. The molecule has 0 amide bonds. The summed E-state index contributed by atoms with van der Waals surface area (Å²) in [5, 5.41) is 11.2. The van der Waals surface area contributed by atoms with Crippen LogP contribution in [0.2, 0.25) is 5.02 Å². The molecule has 2 nitrogen and oxygen atoms in total. The third kappa shape index (κ3) is 2.82. The lowest BCUT2D eigenvalue weighted by Crippen LogP contribution is -2.13.